The van der Waals surface area contributed by atoms with Crippen molar-refractivity contribution in [1.82, 2.24) is 9.91 Å². The maximum absolute atomic E-state index is 11.9. The van der Waals surface area contributed by atoms with Gasteiger partial charge in [0.15, 0.2) is 10.8 Å². The average molecular weight is 288 g/mol. The zero-order valence-electron chi connectivity index (χ0n) is 10.8. The minimum absolute atomic E-state index is 0.204. The Morgan fingerprint density at radius 1 is 1.35 bits per heavy atom. The van der Waals surface area contributed by atoms with E-state index in [9.17, 15) is 9.59 Å². The molecule has 2 aliphatic rings. The number of hydrazone groups is 1. The van der Waals surface area contributed by atoms with Crippen molar-refractivity contribution in [2.75, 3.05) is 18.4 Å². The first-order valence-electron chi connectivity index (χ1n) is 6.23. The molecule has 0 radical (unpaired) electrons. The Morgan fingerprint density at radius 2 is 2.10 bits per heavy atom. The Bertz CT molecular complexity index is 656. The van der Waals surface area contributed by atoms with Crippen LogP contribution < -0.4 is 5.32 Å². The lowest BCUT2D eigenvalue weighted by Crippen LogP contribution is -2.31. The highest BCUT2D eigenvalue weighted by molar-refractivity contribution is 7.80. The molecule has 2 aliphatic heterocycles. The summed E-state index contributed by atoms with van der Waals surface area (Å²) in [7, 11) is 0. The minimum atomic E-state index is -0.322. The summed E-state index contributed by atoms with van der Waals surface area (Å²) in [5.74, 6) is -0.543. The van der Waals surface area contributed by atoms with E-state index in [-0.39, 0.29) is 24.1 Å². The fraction of sp³-hybridized carbons (Fsp3) is 0.231. The zero-order chi connectivity index (χ0) is 14.3. The van der Waals surface area contributed by atoms with Crippen molar-refractivity contribution >= 4 is 40.5 Å². The maximum atomic E-state index is 11.9. The van der Waals surface area contributed by atoms with Crippen molar-refractivity contribution in [3.8, 4) is 0 Å². The summed E-state index contributed by atoms with van der Waals surface area (Å²) in [6.45, 7) is 2.75. The molecule has 1 saturated heterocycles. The quantitative estimate of drug-likeness (QED) is 0.817. The van der Waals surface area contributed by atoms with E-state index in [1.54, 1.807) is 17.0 Å². The van der Waals surface area contributed by atoms with Gasteiger partial charge in [0.25, 0.3) is 11.8 Å². The molecule has 0 aliphatic carbocycles. The lowest BCUT2D eigenvalue weighted by atomic mass is 10.1. The highest BCUT2D eigenvalue weighted by Gasteiger charge is 2.34. The van der Waals surface area contributed by atoms with E-state index in [2.05, 4.69) is 10.4 Å². The van der Waals surface area contributed by atoms with Crippen LogP contribution in [0.15, 0.2) is 29.4 Å². The van der Waals surface area contributed by atoms with E-state index in [1.807, 2.05) is 19.1 Å². The van der Waals surface area contributed by atoms with Gasteiger partial charge in [0.1, 0.15) is 6.54 Å². The van der Waals surface area contributed by atoms with Crippen LogP contribution in [0.25, 0.3) is 0 Å². The Labute approximate surface area is 121 Å². The average Bonchev–Trinajstić information content (AvgIpc) is 2.90. The summed E-state index contributed by atoms with van der Waals surface area (Å²) in [6, 6.07) is 7.22. The number of rotatable bonds is 2. The topological polar surface area (TPSA) is 65.0 Å². The number of nitrogens with one attached hydrogen (secondary N) is 1. The van der Waals surface area contributed by atoms with E-state index < -0.39 is 0 Å². The minimum Gasteiger partial charge on any atom is -0.338 e. The fourth-order valence-electron chi connectivity index (χ4n) is 2.19. The van der Waals surface area contributed by atoms with Gasteiger partial charge in [-0.15, -0.1) is 0 Å². The molecule has 6 nitrogen and oxygen atoms in total. The molecule has 1 fully saturated rings. The van der Waals surface area contributed by atoms with Crippen molar-refractivity contribution in [2.24, 2.45) is 5.10 Å². The molecule has 0 unspecified atom stereocenters. The monoisotopic (exact) mass is 288 g/mol. The van der Waals surface area contributed by atoms with Crippen LogP contribution >= 0.6 is 12.2 Å². The molecule has 3 rings (SSSR count). The molecule has 2 heterocycles. The molecule has 1 aromatic rings. The molecule has 102 valence electrons. The van der Waals surface area contributed by atoms with Gasteiger partial charge in [-0.2, -0.15) is 10.1 Å². The van der Waals surface area contributed by atoms with Crippen LogP contribution in [0.3, 0.4) is 0 Å². The molecule has 20 heavy (non-hydrogen) atoms. The van der Waals surface area contributed by atoms with Crippen LogP contribution in [0.4, 0.5) is 5.69 Å². The third-order valence-corrected chi connectivity index (χ3v) is 3.67. The van der Waals surface area contributed by atoms with Crippen LogP contribution in [0.1, 0.15) is 12.5 Å². The lowest BCUT2D eigenvalue weighted by Gasteiger charge is -2.14. The standard InChI is InChI=1S/C13H12N4O2S/c1-2-16-7-10(18)17(13(16)20)15-11-8-5-3-4-6-9(8)14-12(11)19/h3-6H,2,7H2,1H3,(H,14,15,19). The van der Waals surface area contributed by atoms with Gasteiger partial charge >= 0.3 is 0 Å². The largest absolute Gasteiger partial charge is 0.338 e. The number of thiocarbonyl (C=S) groups is 1. The third kappa shape index (κ3) is 1.87. The maximum Gasteiger partial charge on any atom is 0.276 e. The number of amides is 2. The van der Waals surface area contributed by atoms with E-state index >= 15 is 0 Å². The van der Waals surface area contributed by atoms with Crippen molar-refractivity contribution in [3.63, 3.8) is 0 Å². The number of anilines is 1. The molecule has 0 spiro atoms. The SMILES string of the molecule is CCN1CC(=O)N(/N=C2\C(=O)Nc3ccccc32)C1=S. The highest BCUT2D eigenvalue weighted by atomic mass is 32.1. The normalized spacial score (nSPS) is 19.9. The Morgan fingerprint density at radius 3 is 2.80 bits per heavy atom. The number of likely N-dealkylation sites (N-methyl/N-ethyl adjacent to an activating group) is 1. The molecule has 7 heteroatoms. The van der Waals surface area contributed by atoms with Gasteiger partial charge in [-0.3, -0.25) is 9.59 Å². The summed E-state index contributed by atoms with van der Waals surface area (Å²) < 4.78 is 0. The molecular weight excluding hydrogens is 276 g/mol. The molecule has 0 aromatic heterocycles. The number of fused-ring (bicyclic) bond motifs is 1. The van der Waals surface area contributed by atoms with E-state index in [0.29, 0.717) is 22.9 Å². The first-order valence-corrected chi connectivity index (χ1v) is 6.64. The lowest BCUT2D eigenvalue weighted by molar-refractivity contribution is -0.125. The van der Waals surface area contributed by atoms with Gasteiger partial charge in [-0.05, 0) is 25.2 Å². The van der Waals surface area contributed by atoms with Crippen LogP contribution in [0.2, 0.25) is 0 Å². The predicted molar refractivity (Wildman–Crippen MR) is 78.3 cm³/mol. The van der Waals surface area contributed by atoms with Crippen LogP contribution in [0, 0.1) is 0 Å². The highest BCUT2D eigenvalue weighted by Crippen LogP contribution is 2.24. The summed E-state index contributed by atoms with van der Waals surface area (Å²) >= 11 is 5.20. The number of nitrogens with zero attached hydrogens (tertiary/aromatic N) is 3. The number of carbonyl (C=O) groups is 2. The first-order chi connectivity index (χ1) is 9.61. The summed E-state index contributed by atoms with van der Waals surface area (Å²) in [5.41, 5.74) is 1.60. The Hall–Kier alpha value is -2.28. The molecule has 0 atom stereocenters. The Balaban J connectivity index is 1.99. The molecular formula is C13H12N4O2S. The van der Waals surface area contributed by atoms with Crippen LogP contribution in [-0.2, 0) is 9.59 Å². The van der Waals surface area contributed by atoms with Gasteiger partial charge in [0.05, 0.1) is 5.69 Å². The van der Waals surface area contributed by atoms with Gasteiger partial charge in [0.2, 0.25) is 0 Å². The number of benzene rings is 1. The zero-order valence-corrected chi connectivity index (χ0v) is 11.6. The van der Waals surface area contributed by atoms with Crippen molar-refractivity contribution in [1.29, 1.82) is 0 Å². The number of para-hydroxylation sites is 1. The van der Waals surface area contributed by atoms with E-state index in [1.165, 1.54) is 0 Å². The van der Waals surface area contributed by atoms with Crippen molar-refractivity contribution in [2.45, 2.75) is 6.92 Å². The predicted octanol–water partition coefficient (Wildman–Crippen LogP) is 0.792. The molecule has 0 bridgehead atoms. The van der Waals surface area contributed by atoms with Crippen molar-refractivity contribution < 1.29 is 9.59 Å². The van der Waals surface area contributed by atoms with Gasteiger partial charge in [-0.25, -0.2) is 0 Å². The third-order valence-electron chi connectivity index (χ3n) is 3.24. The molecule has 2 amide bonds. The molecule has 0 saturated carbocycles. The van der Waals surface area contributed by atoms with Crippen LogP contribution in [0.5, 0.6) is 0 Å². The summed E-state index contributed by atoms with van der Waals surface area (Å²) in [4.78, 5) is 25.6. The molecule has 1 aromatic carbocycles. The van der Waals surface area contributed by atoms with E-state index in [0.717, 1.165) is 5.01 Å². The smallest absolute Gasteiger partial charge is 0.276 e. The summed E-state index contributed by atoms with van der Waals surface area (Å²) in [6.07, 6.45) is 0. The number of carbonyl (C=O) groups excluding carboxylic acids is 2. The van der Waals surface area contributed by atoms with Gasteiger partial charge in [0, 0.05) is 12.1 Å². The van der Waals surface area contributed by atoms with Gasteiger partial charge in [-0.1, -0.05) is 18.2 Å². The van der Waals surface area contributed by atoms with E-state index in [4.69, 9.17) is 12.2 Å². The second kappa shape index (κ2) is 4.68. The number of hydrogen-bond donors (Lipinski definition) is 1. The first kappa shape index (κ1) is 12.7. The fourth-order valence-corrected chi connectivity index (χ4v) is 2.52. The van der Waals surface area contributed by atoms with Gasteiger partial charge < -0.3 is 10.2 Å². The summed E-state index contributed by atoms with van der Waals surface area (Å²) in [5, 5.41) is 8.34. The van der Waals surface area contributed by atoms with Crippen LogP contribution in [-0.4, -0.2) is 45.6 Å². The second-order valence-corrected chi connectivity index (χ2v) is 4.82. The Kier molecular flexibility index (Phi) is 2.98. The molecule has 1 N–H and O–H groups in total. The second-order valence-electron chi connectivity index (χ2n) is 4.45. The number of hydrogen-bond acceptors (Lipinski definition) is 4. The van der Waals surface area contributed by atoms with Crippen molar-refractivity contribution in [3.05, 3.63) is 29.8 Å².